The first-order chi connectivity index (χ1) is 10.0. The Balaban J connectivity index is 2.08. The lowest BCUT2D eigenvalue weighted by Crippen LogP contribution is -2.45. The van der Waals surface area contributed by atoms with Gasteiger partial charge in [-0.15, -0.1) is 11.3 Å². The van der Waals surface area contributed by atoms with E-state index in [1.165, 1.54) is 28.5 Å². The number of thiazole rings is 1. The summed E-state index contributed by atoms with van der Waals surface area (Å²) in [6, 6.07) is 1.18. The lowest BCUT2D eigenvalue weighted by atomic mass is 10.1. The van der Waals surface area contributed by atoms with Crippen molar-refractivity contribution in [2.24, 2.45) is 0 Å². The molecule has 0 aromatic carbocycles. The van der Waals surface area contributed by atoms with Crippen LogP contribution in [0.5, 0.6) is 0 Å². The van der Waals surface area contributed by atoms with Gasteiger partial charge in [0.15, 0.2) is 5.13 Å². The molecule has 2 heterocycles. The van der Waals surface area contributed by atoms with E-state index in [2.05, 4.69) is 50.0 Å². The molecule has 120 valence electrons. The van der Waals surface area contributed by atoms with Crippen molar-refractivity contribution in [3.63, 3.8) is 0 Å². The van der Waals surface area contributed by atoms with Crippen LogP contribution in [-0.2, 0) is 13.0 Å². The lowest BCUT2D eigenvalue weighted by Gasteiger charge is -2.35. The molecule has 0 spiro atoms. The number of nitrogens with one attached hydrogen (secondary N) is 1. The second-order valence-corrected chi connectivity index (χ2v) is 7.52. The quantitative estimate of drug-likeness (QED) is 0.875. The van der Waals surface area contributed by atoms with E-state index in [1.807, 2.05) is 11.3 Å². The number of rotatable bonds is 6. The number of likely N-dealkylation sites (N-methyl/N-ethyl adjacent to an activating group) is 1. The number of nitrogens with zero attached hydrogens (tertiary/aromatic N) is 3. The maximum atomic E-state index is 4.91. The Morgan fingerprint density at radius 2 is 2.19 bits per heavy atom. The topological polar surface area (TPSA) is 31.4 Å². The molecule has 0 bridgehead atoms. The van der Waals surface area contributed by atoms with Gasteiger partial charge in [0.1, 0.15) is 0 Å². The number of anilines is 1. The van der Waals surface area contributed by atoms with Gasteiger partial charge in [-0.2, -0.15) is 0 Å². The Hall–Kier alpha value is -0.650. The average Bonchev–Trinajstić information content (AvgIpc) is 2.88. The summed E-state index contributed by atoms with van der Waals surface area (Å²) in [4.78, 5) is 11.2. The van der Waals surface area contributed by atoms with E-state index >= 15 is 0 Å². The van der Waals surface area contributed by atoms with Crippen LogP contribution in [-0.4, -0.2) is 49.2 Å². The fourth-order valence-electron chi connectivity index (χ4n) is 2.77. The first-order valence-electron chi connectivity index (χ1n) is 8.14. The molecule has 1 aromatic heterocycles. The van der Waals surface area contributed by atoms with Crippen molar-refractivity contribution in [2.45, 2.75) is 58.7 Å². The van der Waals surface area contributed by atoms with E-state index in [9.17, 15) is 0 Å². The standard InChI is InChI=1S/C16H30N4S/c1-6-14-15(10-17-12(2)3)21-16(18-14)20-9-7-8-13(11-20)19(4)5/h12-13,17H,6-11H2,1-5H3. The molecule has 0 saturated carbocycles. The van der Waals surface area contributed by atoms with Gasteiger partial charge in [0, 0.05) is 36.6 Å². The molecule has 1 aliphatic heterocycles. The van der Waals surface area contributed by atoms with Gasteiger partial charge >= 0.3 is 0 Å². The molecule has 1 atom stereocenters. The molecule has 21 heavy (non-hydrogen) atoms. The van der Waals surface area contributed by atoms with E-state index < -0.39 is 0 Å². The summed E-state index contributed by atoms with van der Waals surface area (Å²) in [7, 11) is 4.37. The molecule has 1 fully saturated rings. The molecule has 0 radical (unpaired) electrons. The van der Waals surface area contributed by atoms with Gasteiger partial charge in [-0.1, -0.05) is 20.8 Å². The third kappa shape index (κ3) is 4.41. The SMILES string of the molecule is CCc1nc(N2CCCC(N(C)C)C2)sc1CNC(C)C. The highest BCUT2D eigenvalue weighted by atomic mass is 32.1. The fourth-order valence-corrected chi connectivity index (χ4v) is 3.90. The minimum Gasteiger partial charge on any atom is -0.347 e. The Morgan fingerprint density at radius 3 is 2.81 bits per heavy atom. The summed E-state index contributed by atoms with van der Waals surface area (Å²) in [5, 5.41) is 4.74. The third-order valence-corrected chi connectivity index (χ3v) is 5.33. The minimum absolute atomic E-state index is 0.522. The molecule has 1 N–H and O–H groups in total. The highest BCUT2D eigenvalue weighted by Gasteiger charge is 2.24. The summed E-state index contributed by atoms with van der Waals surface area (Å²) in [6.45, 7) is 9.80. The van der Waals surface area contributed by atoms with Gasteiger partial charge in [-0.05, 0) is 33.4 Å². The highest BCUT2D eigenvalue weighted by Crippen LogP contribution is 2.29. The van der Waals surface area contributed by atoms with Crippen molar-refractivity contribution >= 4 is 16.5 Å². The van der Waals surface area contributed by atoms with Crippen LogP contribution in [0.1, 0.15) is 44.2 Å². The average molecular weight is 311 g/mol. The van der Waals surface area contributed by atoms with Gasteiger partial charge in [0.2, 0.25) is 0 Å². The molecule has 1 saturated heterocycles. The summed E-state index contributed by atoms with van der Waals surface area (Å²) >= 11 is 1.88. The number of aryl methyl sites for hydroxylation is 1. The van der Waals surface area contributed by atoms with Crippen LogP contribution in [0, 0.1) is 0 Å². The first kappa shape index (κ1) is 16.7. The van der Waals surface area contributed by atoms with Gasteiger partial charge in [-0.25, -0.2) is 4.98 Å². The molecule has 2 rings (SSSR count). The van der Waals surface area contributed by atoms with Gasteiger partial charge < -0.3 is 15.1 Å². The Morgan fingerprint density at radius 1 is 1.43 bits per heavy atom. The highest BCUT2D eigenvalue weighted by molar-refractivity contribution is 7.15. The third-order valence-electron chi connectivity index (χ3n) is 4.17. The zero-order chi connectivity index (χ0) is 15.4. The largest absolute Gasteiger partial charge is 0.347 e. The molecule has 5 heteroatoms. The normalized spacial score (nSPS) is 19.8. The van der Waals surface area contributed by atoms with E-state index in [4.69, 9.17) is 4.98 Å². The second kappa shape index (κ2) is 7.56. The maximum Gasteiger partial charge on any atom is 0.185 e. The Bertz CT molecular complexity index is 441. The van der Waals surface area contributed by atoms with Gasteiger partial charge in [-0.3, -0.25) is 0 Å². The van der Waals surface area contributed by atoms with Crippen LogP contribution in [0.15, 0.2) is 0 Å². The zero-order valence-corrected chi connectivity index (χ0v) is 15.0. The summed E-state index contributed by atoms with van der Waals surface area (Å²) in [5.74, 6) is 0. The monoisotopic (exact) mass is 310 g/mol. The maximum absolute atomic E-state index is 4.91. The number of hydrogen-bond donors (Lipinski definition) is 1. The summed E-state index contributed by atoms with van der Waals surface area (Å²) in [6.07, 6.45) is 3.59. The zero-order valence-electron chi connectivity index (χ0n) is 14.1. The Labute approximate surface area is 133 Å². The van der Waals surface area contributed by atoms with Crippen LogP contribution in [0.25, 0.3) is 0 Å². The second-order valence-electron chi connectivity index (χ2n) is 6.46. The summed E-state index contributed by atoms with van der Waals surface area (Å²) in [5.41, 5.74) is 1.27. The van der Waals surface area contributed by atoms with Gasteiger partial charge in [0.05, 0.1) is 5.69 Å². The number of hydrogen-bond acceptors (Lipinski definition) is 5. The minimum atomic E-state index is 0.522. The first-order valence-corrected chi connectivity index (χ1v) is 8.96. The molecular weight excluding hydrogens is 280 g/mol. The van der Waals surface area contributed by atoms with Crippen LogP contribution in [0.4, 0.5) is 5.13 Å². The molecule has 4 nitrogen and oxygen atoms in total. The van der Waals surface area contributed by atoms with Crippen LogP contribution < -0.4 is 10.2 Å². The predicted molar refractivity (Wildman–Crippen MR) is 92.4 cm³/mol. The molecule has 1 aromatic rings. The Kier molecular flexibility index (Phi) is 6.02. The van der Waals surface area contributed by atoms with Crippen molar-refractivity contribution in [1.82, 2.24) is 15.2 Å². The van der Waals surface area contributed by atoms with E-state index in [0.717, 1.165) is 26.1 Å². The van der Waals surface area contributed by atoms with E-state index in [-0.39, 0.29) is 0 Å². The van der Waals surface area contributed by atoms with Crippen LogP contribution >= 0.6 is 11.3 Å². The number of aromatic nitrogens is 1. The molecule has 0 amide bonds. The molecule has 0 aliphatic carbocycles. The van der Waals surface area contributed by atoms with Crippen LogP contribution in [0.3, 0.4) is 0 Å². The van der Waals surface area contributed by atoms with Crippen molar-refractivity contribution in [3.8, 4) is 0 Å². The smallest absolute Gasteiger partial charge is 0.185 e. The molecule has 1 aliphatic rings. The van der Waals surface area contributed by atoms with E-state index in [0.29, 0.717) is 12.1 Å². The van der Waals surface area contributed by atoms with Crippen molar-refractivity contribution in [2.75, 3.05) is 32.1 Å². The van der Waals surface area contributed by atoms with E-state index in [1.54, 1.807) is 0 Å². The number of piperidine rings is 1. The van der Waals surface area contributed by atoms with Crippen LogP contribution in [0.2, 0.25) is 0 Å². The molecule has 1 unspecified atom stereocenters. The lowest BCUT2D eigenvalue weighted by molar-refractivity contribution is 0.258. The van der Waals surface area contributed by atoms with Crippen molar-refractivity contribution in [3.05, 3.63) is 10.6 Å². The summed E-state index contributed by atoms with van der Waals surface area (Å²) < 4.78 is 0. The predicted octanol–water partition coefficient (Wildman–Crippen LogP) is 2.73. The molecular formula is C16H30N4S. The van der Waals surface area contributed by atoms with Crippen molar-refractivity contribution in [1.29, 1.82) is 0 Å². The fraction of sp³-hybridized carbons (Fsp3) is 0.812. The van der Waals surface area contributed by atoms with Crippen molar-refractivity contribution < 1.29 is 0 Å². The van der Waals surface area contributed by atoms with Gasteiger partial charge in [0.25, 0.3) is 0 Å².